The van der Waals surface area contributed by atoms with E-state index in [-0.39, 0.29) is 18.4 Å². The summed E-state index contributed by atoms with van der Waals surface area (Å²) in [7, 11) is 0. The fourth-order valence-corrected chi connectivity index (χ4v) is 1.56. The Kier molecular flexibility index (Phi) is 3.53. The molecule has 69 valence electrons. The minimum Gasteiger partial charge on any atom is -0.342 e. The molecular formula is C9H16NO2. The molecule has 0 spiro atoms. The first kappa shape index (κ1) is 9.52. The lowest BCUT2D eigenvalue weighted by atomic mass is 10.1. The van der Waals surface area contributed by atoms with E-state index in [1.807, 2.05) is 11.8 Å². The molecule has 3 nitrogen and oxygen atoms in total. The van der Waals surface area contributed by atoms with E-state index >= 15 is 0 Å². The van der Waals surface area contributed by atoms with Crippen molar-refractivity contribution in [1.82, 2.24) is 4.90 Å². The Morgan fingerprint density at radius 1 is 1.42 bits per heavy atom. The van der Waals surface area contributed by atoms with E-state index in [0.717, 1.165) is 25.9 Å². The minimum absolute atomic E-state index is 0.0741. The zero-order chi connectivity index (χ0) is 8.97. The van der Waals surface area contributed by atoms with Gasteiger partial charge in [0.05, 0.1) is 12.5 Å². The molecule has 1 atom stereocenters. The summed E-state index contributed by atoms with van der Waals surface area (Å²) in [4.78, 5) is 13.4. The van der Waals surface area contributed by atoms with Crippen LogP contribution in [0.5, 0.6) is 0 Å². The zero-order valence-corrected chi connectivity index (χ0v) is 7.58. The molecule has 0 aromatic rings. The first-order valence-corrected chi connectivity index (χ1v) is 4.66. The molecule has 1 aliphatic rings. The fraction of sp³-hybridized carbons (Fsp3) is 0.889. The van der Waals surface area contributed by atoms with Crippen LogP contribution in [0.4, 0.5) is 0 Å². The molecule has 1 amide bonds. The van der Waals surface area contributed by atoms with Crippen LogP contribution in [0.15, 0.2) is 0 Å². The molecule has 1 unspecified atom stereocenters. The molecule has 1 heterocycles. The molecule has 1 aliphatic heterocycles. The first-order valence-electron chi connectivity index (χ1n) is 4.66. The summed E-state index contributed by atoms with van der Waals surface area (Å²) in [5, 5.41) is 10.6. The zero-order valence-electron chi connectivity index (χ0n) is 7.58. The van der Waals surface area contributed by atoms with Gasteiger partial charge in [0, 0.05) is 13.1 Å². The molecule has 1 fully saturated rings. The van der Waals surface area contributed by atoms with Gasteiger partial charge in [0.25, 0.3) is 0 Å². The average molecular weight is 170 g/mol. The van der Waals surface area contributed by atoms with Crippen LogP contribution in [0.25, 0.3) is 0 Å². The Hall–Kier alpha value is -0.570. The molecule has 0 aromatic heterocycles. The summed E-state index contributed by atoms with van der Waals surface area (Å²) in [5.41, 5.74) is 0. The maximum Gasteiger partial charge on any atom is 0.228 e. The standard InChI is InChI=1S/C9H16NO2/c1-2-8(7-11)9(12)10-5-3-4-6-10/h8H,2-7H2,1H3. The minimum atomic E-state index is -0.275. The highest BCUT2D eigenvalue weighted by molar-refractivity contribution is 5.79. The molecule has 12 heavy (non-hydrogen) atoms. The number of carbonyl (C=O) groups excluding carboxylic acids is 1. The quantitative estimate of drug-likeness (QED) is 0.624. The van der Waals surface area contributed by atoms with Gasteiger partial charge in [0.15, 0.2) is 0 Å². The van der Waals surface area contributed by atoms with Gasteiger partial charge in [-0.05, 0) is 19.3 Å². The second-order valence-electron chi connectivity index (χ2n) is 3.30. The number of likely N-dealkylation sites (tertiary alicyclic amines) is 1. The summed E-state index contributed by atoms with van der Waals surface area (Å²) >= 11 is 0. The normalized spacial score (nSPS) is 19.7. The third-order valence-electron chi connectivity index (χ3n) is 2.46. The van der Waals surface area contributed by atoms with E-state index in [4.69, 9.17) is 0 Å². The van der Waals surface area contributed by atoms with E-state index in [1.165, 1.54) is 0 Å². The van der Waals surface area contributed by atoms with E-state index < -0.39 is 0 Å². The van der Waals surface area contributed by atoms with Crippen LogP contribution in [0.2, 0.25) is 0 Å². The molecule has 0 bridgehead atoms. The van der Waals surface area contributed by atoms with Gasteiger partial charge >= 0.3 is 0 Å². The van der Waals surface area contributed by atoms with Crippen molar-refractivity contribution in [3.05, 3.63) is 0 Å². The van der Waals surface area contributed by atoms with Crippen LogP contribution >= 0.6 is 0 Å². The summed E-state index contributed by atoms with van der Waals surface area (Å²) in [5.74, 6) is -0.201. The maximum absolute atomic E-state index is 11.5. The number of amides is 1. The molecule has 0 aliphatic carbocycles. The highest BCUT2D eigenvalue weighted by atomic mass is 16.3. The Morgan fingerprint density at radius 3 is 2.42 bits per heavy atom. The third-order valence-corrected chi connectivity index (χ3v) is 2.46. The van der Waals surface area contributed by atoms with Crippen molar-refractivity contribution in [2.45, 2.75) is 26.2 Å². The van der Waals surface area contributed by atoms with Crippen LogP contribution in [0, 0.1) is 5.92 Å². The van der Waals surface area contributed by atoms with Gasteiger partial charge in [-0.25, -0.2) is 5.11 Å². The van der Waals surface area contributed by atoms with Gasteiger partial charge in [-0.2, -0.15) is 0 Å². The summed E-state index contributed by atoms with van der Waals surface area (Å²) in [6, 6.07) is 0. The van der Waals surface area contributed by atoms with Crippen molar-refractivity contribution < 1.29 is 9.90 Å². The van der Waals surface area contributed by atoms with Crippen molar-refractivity contribution >= 4 is 5.91 Å². The van der Waals surface area contributed by atoms with Gasteiger partial charge in [0.2, 0.25) is 5.91 Å². The predicted octanol–water partition coefficient (Wildman–Crippen LogP) is 1.07. The number of carbonyl (C=O) groups is 1. The van der Waals surface area contributed by atoms with Crippen LogP contribution in [0.1, 0.15) is 26.2 Å². The highest BCUT2D eigenvalue weighted by Crippen LogP contribution is 2.13. The summed E-state index contributed by atoms with van der Waals surface area (Å²) in [6.45, 7) is 3.35. The number of hydrogen-bond donors (Lipinski definition) is 0. The SMILES string of the molecule is CCC(C[O])C(=O)N1CCCC1. The largest absolute Gasteiger partial charge is 0.342 e. The molecule has 3 heteroatoms. The van der Waals surface area contributed by atoms with Gasteiger partial charge < -0.3 is 4.90 Å². The second kappa shape index (κ2) is 4.45. The average Bonchev–Trinajstić information content (AvgIpc) is 2.58. The monoisotopic (exact) mass is 170 g/mol. The molecule has 1 rings (SSSR count). The van der Waals surface area contributed by atoms with Crippen LogP contribution in [0.3, 0.4) is 0 Å². The molecule has 0 saturated carbocycles. The number of nitrogens with zero attached hydrogens (tertiary/aromatic N) is 1. The van der Waals surface area contributed by atoms with E-state index in [2.05, 4.69) is 0 Å². The molecule has 1 saturated heterocycles. The summed E-state index contributed by atoms with van der Waals surface area (Å²) < 4.78 is 0. The molecule has 0 aromatic carbocycles. The van der Waals surface area contributed by atoms with Crippen molar-refractivity contribution in [3.63, 3.8) is 0 Å². The van der Waals surface area contributed by atoms with Crippen LogP contribution in [-0.4, -0.2) is 30.5 Å². The van der Waals surface area contributed by atoms with Gasteiger partial charge in [-0.15, -0.1) is 0 Å². The van der Waals surface area contributed by atoms with Gasteiger partial charge in [0.1, 0.15) is 0 Å². The molecular weight excluding hydrogens is 154 g/mol. The Bertz CT molecular complexity index is 145. The number of rotatable bonds is 3. The maximum atomic E-state index is 11.5. The van der Waals surface area contributed by atoms with Gasteiger partial charge in [-0.3, -0.25) is 4.79 Å². The van der Waals surface area contributed by atoms with E-state index in [9.17, 15) is 9.90 Å². The fourth-order valence-electron chi connectivity index (χ4n) is 1.56. The van der Waals surface area contributed by atoms with Gasteiger partial charge in [-0.1, -0.05) is 6.92 Å². The Morgan fingerprint density at radius 2 is 2.00 bits per heavy atom. The first-order chi connectivity index (χ1) is 5.79. The summed E-state index contributed by atoms with van der Waals surface area (Å²) in [6.07, 6.45) is 2.88. The van der Waals surface area contributed by atoms with Crippen LogP contribution in [-0.2, 0) is 9.90 Å². The van der Waals surface area contributed by atoms with Crippen molar-refractivity contribution in [2.75, 3.05) is 19.7 Å². The highest BCUT2D eigenvalue weighted by Gasteiger charge is 2.24. The molecule has 0 N–H and O–H groups in total. The lowest BCUT2D eigenvalue weighted by Gasteiger charge is -2.19. The Balaban J connectivity index is 2.43. The van der Waals surface area contributed by atoms with E-state index in [0.29, 0.717) is 6.42 Å². The second-order valence-corrected chi connectivity index (χ2v) is 3.30. The molecule has 1 radical (unpaired) electrons. The van der Waals surface area contributed by atoms with Crippen molar-refractivity contribution in [2.24, 2.45) is 5.92 Å². The van der Waals surface area contributed by atoms with E-state index in [1.54, 1.807) is 0 Å². The van der Waals surface area contributed by atoms with Crippen LogP contribution < -0.4 is 0 Å². The third kappa shape index (κ3) is 1.97. The Labute approximate surface area is 73.4 Å². The van der Waals surface area contributed by atoms with Crippen molar-refractivity contribution in [3.8, 4) is 0 Å². The lowest BCUT2D eigenvalue weighted by molar-refractivity contribution is -0.136. The number of hydrogen-bond acceptors (Lipinski definition) is 1. The smallest absolute Gasteiger partial charge is 0.228 e. The van der Waals surface area contributed by atoms with Crippen molar-refractivity contribution in [1.29, 1.82) is 0 Å². The lowest BCUT2D eigenvalue weighted by Crippen LogP contribution is -2.34. The predicted molar refractivity (Wildman–Crippen MR) is 45.1 cm³/mol. The topological polar surface area (TPSA) is 40.2 Å².